The third-order valence-corrected chi connectivity index (χ3v) is 11.7. The Labute approximate surface area is 283 Å². The van der Waals surface area contributed by atoms with Gasteiger partial charge >= 0.3 is 11.9 Å². The van der Waals surface area contributed by atoms with E-state index >= 15 is 0 Å². The van der Waals surface area contributed by atoms with Crippen LogP contribution in [0.1, 0.15) is 136 Å². The zero-order valence-corrected chi connectivity index (χ0v) is 29.4. The fraction of sp³-hybridized carbons (Fsp3) is 0.821. The lowest BCUT2D eigenvalue weighted by Crippen LogP contribution is -2.41. The Morgan fingerprint density at radius 2 is 1.68 bits per heavy atom. The number of carbonyl (C=O) groups excluding carboxylic acids is 2. The maximum atomic E-state index is 13.7. The Morgan fingerprint density at radius 3 is 2.43 bits per heavy atom. The lowest BCUT2D eigenvalue weighted by Gasteiger charge is -2.41. The molecular formula is C39H63NO7. The van der Waals surface area contributed by atoms with E-state index in [0.717, 1.165) is 89.9 Å². The van der Waals surface area contributed by atoms with Crippen molar-refractivity contribution >= 4 is 17.8 Å². The summed E-state index contributed by atoms with van der Waals surface area (Å²) in [5.74, 6) is 0.372. The summed E-state index contributed by atoms with van der Waals surface area (Å²) in [6.07, 6.45) is 20.7. The monoisotopic (exact) mass is 657 g/mol. The van der Waals surface area contributed by atoms with E-state index < -0.39 is 12.1 Å². The van der Waals surface area contributed by atoms with Gasteiger partial charge in [-0.2, -0.15) is 0 Å². The molecule has 4 unspecified atom stereocenters. The number of unbranched alkanes of at least 4 members (excludes halogenated alkanes) is 6. The van der Waals surface area contributed by atoms with E-state index in [1.54, 1.807) is 0 Å². The van der Waals surface area contributed by atoms with Crippen molar-refractivity contribution in [3.8, 4) is 0 Å². The fourth-order valence-corrected chi connectivity index (χ4v) is 9.06. The van der Waals surface area contributed by atoms with Gasteiger partial charge in [0.2, 0.25) is 5.91 Å². The minimum Gasteiger partial charge on any atom is -0.482 e. The molecule has 0 aliphatic heterocycles. The van der Waals surface area contributed by atoms with Crippen LogP contribution in [0.4, 0.5) is 0 Å². The molecule has 0 heterocycles. The van der Waals surface area contributed by atoms with E-state index in [2.05, 4.69) is 32.2 Å². The quantitative estimate of drug-likeness (QED) is 0.0960. The van der Waals surface area contributed by atoms with Crippen LogP contribution in [0, 0.1) is 41.4 Å². The summed E-state index contributed by atoms with van der Waals surface area (Å²) in [5.41, 5.74) is 1.21. The minimum atomic E-state index is -0.976. The molecular weight excluding hydrogens is 594 g/mol. The second-order valence-electron chi connectivity index (χ2n) is 15.1. The van der Waals surface area contributed by atoms with Crippen LogP contribution in [0.3, 0.4) is 0 Å². The average Bonchev–Trinajstić information content (AvgIpc) is 3.37. The minimum absolute atomic E-state index is 0.0128. The van der Waals surface area contributed by atoms with E-state index in [1.807, 2.05) is 6.08 Å². The van der Waals surface area contributed by atoms with Crippen LogP contribution in [0.25, 0.3) is 0 Å². The molecule has 3 fully saturated rings. The first-order chi connectivity index (χ1) is 22.7. The first-order valence-electron chi connectivity index (χ1n) is 19.1. The van der Waals surface area contributed by atoms with Gasteiger partial charge < -0.3 is 25.0 Å². The smallest absolute Gasteiger partial charge is 0.341 e. The Bertz CT molecular complexity index is 1090. The van der Waals surface area contributed by atoms with Crippen molar-refractivity contribution in [1.29, 1.82) is 0 Å². The molecule has 4 aliphatic carbocycles. The van der Waals surface area contributed by atoms with Crippen molar-refractivity contribution in [3.05, 3.63) is 23.5 Å². The van der Waals surface area contributed by atoms with Crippen LogP contribution >= 0.6 is 0 Å². The number of fused-ring (bicyclic) bond motifs is 2. The third-order valence-electron chi connectivity index (χ3n) is 11.7. The number of esters is 1. The molecule has 4 aliphatic rings. The number of carboxylic acid groups (broad SMARTS) is 1. The van der Waals surface area contributed by atoms with Gasteiger partial charge in [0.1, 0.15) is 11.9 Å². The van der Waals surface area contributed by atoms with Gasteiger partial charge in [0, 0.05) is 6.54 Å². The van der Waals surface area contributed by atoms with Crippen molar-refractivity contribution in [2.75, 3.05) is 13.2 Å². The first kappa shape index (κ1) is 37.5. The number of hydrogen-bond acceptors (Lipinski definition) is 6. The molecule has 0 aromatic heterocycles. The summed E-state index contributed by atoms with van der Waals surface area (Å²) in [5, 5.41) is 23.6. The normalized spacial score (nSPS) is 30.7. The molecule has 3 N–H and O–H groups in total. The van der Waals surface area contributed by atoms with Crippen molar-refractivity contribution in [1.82, 2.24) is 5.32 Å². The second-order valence-corrected chi connectivity index (χ2v) is 15.1. The number of rotatable bonds is 19. The molecule has 0 aromatic rings. The number of aliphatic carboxylic acids is 1. The predicted octanol–water partition coefficient (Wildman–Crippen LogP) is 7.74. The van der Waals surface area contributed by atoms with Gasteiger partial charge in [-0.1, -0.05) is 78.2 Å². The van der Waals surface area contributed by atoms with Crippen LogP contribution in [0.15, 0.2) is 23.5 Å². The molecule has 0 radical (unpaired) electrons. The SMILES string of the molecule is CCCCCCCNC(=O)C1CCCCC1C(=O)O[C@@H](CCCCC)CC[C@@H]1[C@H]2CC3C(=C(OCC(=O)O)C=CC3C)C[C@H]2C[C@H]1O. The highest BCUT2D eigenvalue weighted by molar-refractivity contribution is 5.85. The Morgan fingerprint density at radius 1 is 0.957 bits per heavy atom. The van der Waals surface area contributed by atoms with Crippen LogP contribution in [-0.4, -0.2) is 53.4 Å². The van der Waals surface area contributed by atoms with Gasteiger partial charge in [-0.15, -0.1) is 0 Å². The van der Waals surface area contributed by atoms with Crippen LogP contribution < -0.4 is 5.32 Å². The Hall–Kier alpha value is -2.35. The second kappa shape index (κ2) is 19.0. The maximum absolute atomic E-state index is 13.7. The van der Waals surface area contributed by atoms with Gasteiger partial charge in [-0.3, -0.25) is 9.59 Å². The lowest BCUT2D eigenvalue weighted by molar-refractivity contribution is -0.160. The number of ether oxygens (including phenoxy) is 2. The number of nitrogens with one attached hydrogen (secondary N) is 1. The van der Waals surface area contributed by atoms with Crippen LogP contribution in [0.2, 0.25) is 0 Å². The number of hydrogen-bond donors (Lipinski definition) is 3. The van der Waals surface area contributed by atoms with Crippen LogP contribution in [-0.2, 0) is 23.9 Å². The fourth-order valence-electron chi connectivity index (χ4n) is 9.06. The summed E-state index contributed by atoms with van der Waals surface area (Å²) in [6.45, 7) is 6.93. The molecule has 1 amide bonds. The molecule has 0 saturated heterocycles. The van der Waals surface area contributed by atoms with E-state index in [-0.39, 0.29) is 42.3 Å². The van der Waals surface area contributed by atoms with E-state index in [4.69, 9.17) is 14.6 Å². The topological polar surface area (TPSA) is 122 Å². The zero-order chi connectivity index (χ0) is 33.8. The zero-order valence-electron chi connectivity index (χ0n) is 29.4. The average molecular weight is 658 g/mol. The molecule has 8 nitrogen and oxygen atoms in total. The van der Waals surface area contributed by atoms with Crippen molar-refractivity contribution in [2.45, 2.75) is 149 Å². The summed E-state index contributed by atoms with van der Waals surface area (Å²) in [6, 6.07) is 0. The highest BCUT2D eigenvalue weighted by Gasteiger charge is 2.48. The largest absolute Gasteiger partial charge is 0.482 e. The Balaban J connectivity index is 1.36. The standard InChI is InChI=1S/C39H63NO7/c1-4-6-8-9-13-21-40-38(44)30-15-11-12-16-31(30)39(45)47-28(14-10-7-5-2)18-19-29-33-24-32-26(3)17-20-36(46-25-37(42)43)34(32)22-27(33)23-35(29)41/h17,20,26-33,35,41H,4-16,18-19,21-25H2,1-3H3,(H,40,44)(H,42,43)/t26?,27-,28-,29+,30?,31?,32?,33-,35+/m0/s1. The molecule has 0 bridgehead atoms. The Kier molecular flexibility index (Phi) is 15.1. The summed E-state index contributed by atoms with van der Waals surface area (Å²) in [7, 11) is 0. The summed E-state index contributed by atoms with van der Waals surface area (Å²) in [4.78, 5) is 38.1. The number of amides is 1. The highest BCUT2D eigenvalue weighted by Crippen LogP contribution is 2.54. The van der Waals surface area contributed by atoms with Crippen molar-refractivity contribution < 1.29 is 34.1 Å². The molecule has 0 spiro atoms. The van der Waals surface area contributed by atoms with Gasteiger partial charge in [0.15, 0.2) is 6.61 Å². The number of carbonyl (C=O) groups is 3. The molecule has 8 heteroatoms. The maximum Gasteiger partial charge on any atom is 0.341 e. The van der Waals surface area contributed by atoms with Crippen molar-refractivity contribution in [3.63, 3.8) is 0 Å². The molecule has 9 atom stereocenters. The molecule has 266 valence electrons. The molecule has 3 saturated carbocycles. The number of carboxylic acids is 1. The molecule has 0 aromatic carbocycles. The summed E-state index contributed by atoms with van der Waals surface area (Å²) < 4.78 is 12.0. The lowest BCUT2D eigenvalue weighted by atomic mass is 9.65. The number of aliphatic hydroxyl groups is 1. The predicted molar refractivity (Wildman–Crippen MR) is 183 cm³/mol. The van der Waals surface area contributed by atoms with Gasteiger partial charge in [-0.25, -0.2) is 4.79 Å². The van der Waals surface area contributed by atoms with E-state index in [1.165, 1.54) is 24.8 Å². The van der Waals surface area contributed by atoms with Gasteiger partial charge in [0.05, 0.1) is 17.9 Å². The number of aliphatic hydroxyl groups excluding tert-OH is 1. The number of allylic oxidation sites excluding steroid dienone is 3. The van der Waals surface area contributed by atoms with Gasteiger partial charge in [-0.05, 0) is 105 Å². The van der Waals surface area contributed by atoms with Crippen LogP contribution in [0.5, 0.6) is 0 Å². The molecule has 4 rings (SSSR count). The summed E-state index contributed by atoms with van der Waals surface area (Å²) >= 11 is 0. The highest BCUT2D eigenvalue weighted by atomic mass is 16.5. The van der Waals surface area contributed by atoms with E-state index in [9.17, 15) is 19.5 Å². The van der Waals surface area contributed by atoms with Gasteiger partial charge in [0.25, 0.3) is 0 Å². The first-order valence-corrected chi connectivity index (χ1v) is 19.1. The molecule has 47 heavy (non-hydrogen) atoms. The van der Waals surface area contributed by atoms with Crippen molar-refractivity contribution in [2.24, 2.45) is 41.4 Å². The third kappa shape index (κ3) is 10.6. The van der Waals surface area contributed by atoms with E-state index in [0.29, 0.717) is 42.4 Å².